The number of hydrogen-bond donors (Lipinski definition) is 1. The van der Waals surface area contributed by atoms with Gasteiger partial charge < -0.3 is 14.9 Å². The number of nitrogens with zero attached hydrogens (tertiary/aromatic N) is 1. The molecule has 0 spiro atoms. The van der Waals surface area contributed by atoms with Crippen molar-refractivity contribution in [1.29, 1.82) is 0 Å². The number of hydrogen-bond acceptors (Lipinski definition) is 4. The molecule has 0 aromatic carbocycles. The van der Waals surface area contributed by atoms with E-state index in [9.17, 15) is 0 Å². The van der Waals surface area contributed by atoms with Crippen molar-refractivity contribution in [2.24, 2.45) is 5.73 Å². The van der Waals surface area contributed by atoms with Gasteiger partial charge in [0.15, 0.2) is 0 Å². The SMILES string of the molecule is CCOc1cncc(C(N)c2ccco2)c1. The van der Waals surface area contributed by atoms with Crippen LogP contribution in [0.4, 0.5) is 0 Å². The highest BCUT2D eigenvalue weighted by Crippen LogP contribution is 2.22. The number of ether oxygens (including phenoxy) is 1. The summed E-state index contributed by atoms with van der Waals surface area (Å²) in [6, 6.07) is 5.24. The largest absolute Gasteiger partial charge is 0.492 e. The monoisotopic (exact) mass is 218 g/mol. The van der Waals surface area contributed by atoms with Gasteiger partial charge in [-0.1, -0.05) is 0 Å². The first-order chi connectivity index (χ1) is 7.81. The fourth-order valence-electron chi connectivity index (χ4n) is 1.48. The molecular formula is C12H14N2O2. The first kappa shape index (κ1) is 10.7. The summed E-state index contributed by atoms with van der Waals surface area (Å²) in [5, 5.41) is 0. The summed E-state index contributed by atoms with van der Waals surface area (Å²) >= 11 is 0. The minimum Gasteiger partial charge on any atom is -0.492 e. The van der Waals surface area contributed by atoms with Crippen molar-refractivity contribution in [1.82, 2.24) is 4.98 Å². The number of pyridine rings is 1. The van der Waals surface area contributed by atoms with Crippen LogP contribution in [0.1, 0.15) is 24.3 Å². The molecule has 0 amide bonds. The second kappa shape index (κ2) is 4.81. The summed E-state index contributed by atoms with van der Waals surface area (Å²) in [6.07, 6.45) is 4.99. The van der Waals surface area contributed by atoms with Crippen LogP contribution in [0.2, 0.25) is 0 Å². The Bertz CT molecular complexity index is 440. The Balaban J connectivity index is 2.23. The van der Waals surface area contributed by atoms with E-state index < -0.39 is 0 Å². The normalized spacial score (nSPS) is 12.4. The van der Waals surface area contributed by atoms with E-state index in [0.29, 0.717) is 6.61 Å². The molecule has 84 valence electrons. The zero-order valence-electron chi connectivity index (χ0n) is 9.09. The van der Waals surface area contributed by atoms with Crippen molar-refractivity contribution < 1.29 is 9.15 Å². The Kier molecular flexibility index (Phi) is 3.22. The third-order valence-electron chi connectivity index (χ3n) is 2.25. The van der Waals surface area contributed by atoms with Gasteiger partial charge in [-0.05, 0) is 30.7 Å². The summed E-state index contributed by atoms with van der Waals surface area (Å²) in [6.45, 7) is 2.54. The van der Waals surface area contributed by atoms with Gasteiger partial charge in [0, 0.05) is 6.20 Å². The molecule has 2 aromatic rings. The highest BCUT2D eigenvalue weighted by molar-refractivity contribution is 5.30. The Morgan fingerprint density at radius 2 is 2.38 bits per heavy atom. The van der Waals surface area contributed by atoms with Gasteiger partial charge in [0.25, 0.3) is 0 Å². The van der Waals surface area contributed by atoms with Crippen LogP contribution in [0.5, 0.6) is 5.75 Å². The van der Waals surface area contributed by atoms with Gasteiger partial charge in [-0.25, -0.2) is 0 Å². The highest BCUT2D eigenvalue weighted by Gasteiger charge is 2.12. The summed E-state index contributed by atoms with van der Waals surface area (Å²) in [5.41, 5.74) is 6.91. The van der Waals surface area contributed by atoms with E-state index >= 15 is 0 Å². The number of furan rings is 1. The van der Waals surface area contributed by atoms with E-state index in [4.69, 9.17) is 14.9 Å². The van der Waals surface area contributed by atoms with Crippen LogP contribution in [0.25, 0.3) is 0 Å². The average Bonchev–Trinajstić information content (AvgIpc) is 2.82. The van der Waals surface area contributed by atoms with E-state index in [-0.39, 0.29) is 6.04 Å². The van der Waals surface area contributed by atoms with Crippen LogP contribution < -0.4 is 10.5 Å². The van der Waals surface area contributed by atoms with E-state index in [1.54, 1.807) is 18.7 Å². The number of rotatable bonds is 4. The maximum Gasteiger partial charge on any atom is 0.137 e. The van der Waals surface area contributed by atoms with Crippen molar-refractivity contribution in [2.45, 2.75) is 13.0 Å². The number of nitrogens with two attached hydrogens (primary N) is 1. The molecule has 0 aliphatic rings. The number of aromatic nitrogens is 1. The van der Waals surface area contributed by atoms with Crippen molar-refractivity contribution in [2.75, 3.05) is 6.61 Å². The third-order valence-corrected chi connectivity index (χ3v) is 2.25. The molecule has 0 aliphatic carbocycles. The molecule has 4 heteroatoms. The lowest BCUT2D eigenvalue weighted by molar-refractivity contribution is 0.338. The summed E-state index contributed by atoms with van der Waals surface area (Å²) in [4.78, 5) is 4.09. The Hall–Kier alpha value is -1.81. The van der Waals surface area contributed by atoms with Gasteiger partial charge in [-0.15, -0.1) is 0 Å². The molecule has 16 heavy (non-hydrogen) atoms. The quantitative estimate of drug-likeness (QED) is 0.853. The first-order valence-electron chi connectivity index (χ1n) is 5.18. The first-order valence-corrected chi connectivity index (χ1v) is 5.18. The molecule has 0 radical (unpaired) electrons. The second-order valence-electron chi connectivity index (χ2n) is 3.38. The van der Waals surface area contributed by atoms with Gasteiger partial charge in [0.2, 0.25) is 0 Å². The lowest BCUT2D eigenvalue weighted by atomic mass is 10.1. The van der Waals surface area contributed by atoms with Crippen LogP contribution in [-0.2, 0) is 0 Å². The molecule has 0 aliphatic heterocycles. The molecule has 2 rings (SSSR count). The summed E-state index contributed by atoms with van der Waals surface area (Å²) in [5.74, 6) is 1.44. The van der Waals surface area contributed by atoms with Crippen LogP contribution in [0.15, 0.2) is 41.3 Å². The maximum absolute atomic E-state index is 6.04. The molecule has 1 unspecified atom stereocenters. The smallest absolute Gasteiger partial charge is 0.137 e. The van der Waals surface area contributed by atoms with Gasteiger partial charge in [0.1, 0.15) is 11.5 Å². The Labute approximate surface area is 94.1 Å². The molecule has 0 fully saturated rings. The molecule has 2 heterocycles. The predicted molar refractivity (Wildman–Crippen MR) is 60.1 cm³/mol. The highest BCUT2D eigenvalue weighted by atomic mass is 16.5. The molecule has 2 N–H and O–H groups in total. The van der Waals surface area contributed by atoms with Crippen molar-refractivity contribution >= 4 is 0 Å². The molecule has 4 nitrogen and oxygen atoms in total. The standard InChI is InChI=1S/C12H14N2O2/c1-2-15-10-6-9(7-14-8-10)12(13)11-4-3-5-16-11/h3-8,12H,2,13H2,1H3. The average molecular weight is 218 g/mol. The lowest BCUT2D eigenvalue weighted by Crippen LogP contribution is -2.11. The minimum atomic E-state index is -0.303. The lowest BCUT2D eigenvalue weighted by Gasteiger charge is -2.10. The molecule has 0 saturated heterocycles. The van der Waals surface area contributed by atoms with E-state index in [1.807, 2.05) is 25.1 Å². The van der Waals surface area contributed by atoms with E-state index in [2.05, 4.69) is 4.98 Å². The van der Waals surface area contributed by atoms with E-state index in [1.165, 1.54) is 0 Å². The molecular weight excluding hydrogens is 204 g/mol. The van der Waals surface area contributed by atoms with E-state index in [0.717, 1.165) is 17.1 Å². The molecule has 1 atom stereocenters. The second-order valence-corrected chi connectivity index (χ2v) is 3.38. The summed E-state index contributed by atoms with van der Waals surface area (Å²) < 4.78 is 10.6. The molecule has 0 bridgehead atoms. The van der Waals surface area contributed by atoms with Crippen LogP contribution in [0, 0.1) is 0 Å². The van der Waals surface area contributed by atoms with Crippen LogP contribution in [0.3, 0.4) is 0 Å². The predicted octanol–water partition coefficient (Wildman–Crippen LogP) is 2.12. The zero-order valence-corrected chi connectivity index (χ0v) is 9.09. The van der Waals surface area contributed by atoms with Gasteiger partial charge in [-0.3, -0.25) is 4.98 Å². The van der Waals surface area contributed by atoms with Crippen LogP contribution in [-0.4, -0.2) is 11.6 Å². The van der Waals surface area contributed by atoms with Gasteiger partial charge in [0.05, 0.1) is 25.1 Å². The Morgan fingerprint density at radius 3 is 3.06 bits per heavy atom. The van der Waals surface area contributed by atoms with Crippen molar-refractivity contribution in [3.63, 3.8) is 0 Å². The van der Waals surface area contributed by atoms with Gasteiger partial charge in [-0.2, -0.15) is 0 Å². The minimum absolute atomic E-state index is 0.303. The van der Waals surface area contributed by atoms with Crippen molar-refractivity contribution in [3.05, 3.63) is 48.2 Å². The zero-order chi connectivity index (χ0) is 11.4. The van der Waals surface area contributed by atoms with Crippen LogP contribution >= 0.6 is 0 Å². The maximum atomic E-state index is 6.04. The fraction of sp³-hybridized carbons (Fsp3) is 0.250. The molecule has 0 saturated carbocycles. The Morgan fingerprint density at radius 1 is 1.50 bits per heavy atom. The third kappa shape index (κ3) is 2.23. The summed E-state index contributed by atoms with van der Waals surface area (Å²) in [7, 11) is 0. The fourth-order valence-corrected chi connectivity index (χ4v) is 1.48. The topological polar surface area (TPSA) is 61.3 Å². The van der Waals surface area contributed by atoms with Gasteiger partial charge >= 0.3 is 0 Å². The van der Waals surface area contributed by atoms with Crippen molar-refractivity contribution in [3.8, 4) is 5.75 Å². The molecule has 2 aromatic heterocycles.